The summed E-state index contributed by atoms with van der Waals surface area (Å²) < 4.78 is 248. The molecule has 39 nitrogen and oxygen atoms in total. The lowest BCUT2D eigenvalue weighted by Crippen LogP contribution is -2.40. The van der Waals surface area contributed by atoms with Crippen LogP contribution in [0.3, 0.4) is 0 Å². The molecule has 0 aliphatic carbocycles. The quantitative estimate of drug-likeness (QED) is 0.00512. The summed E-state index contributed by atoms with van der Waals surface area (Å²) in [7, 11) is -24.2. The van der Waals surface area contributed by atoms with Crippen molar-refractivity contribution in [3.05, 3.63) is 0 Å². The van der Waals surface area contributed by atoms with Gasteiger partial charge in [0.25, 0.3) is 70.8 Å². The van der Waals surface area contributed by atoms with Gasteiger partial charge in [0.05, 0.1) is 63.4 Å². The number of esters is 4. The molecule has 12 N–H and O–H groups in total. The number of hydrogen-bond acceptors (Lipinski definition) is 32. The Bertz CT molecular complexity index is 4030. The second-order valence-corrected chi connectivity index (χ2v) is 50.2. The third-order valence-electron chi connectivity index (χ3n) is 25.8. The minimum atomic E-state index is -4.61. The molecular weight excluding hydrogens is 2040 g/mol. The van der Waals surface area contributed by atoms with Crippen molar-refractivity contribution >= 4 is 107 Å². The molecule has 0 amide bonds. The lowest BCUT2D eigenvalue weighted by molar-refractivity contribution is -0.234. The lowest BCUT2D eigenvalue weighted by Gasteiger charge is -2.22. The predicted molar refractivity (Wildman–Crippen MR) is 561 cm³/mol. The van der Waals surface area contributed by atoms with Crippen molar-refractivity contribution in [3.8, 4) is 0 Å². The van der Waals surface area contributed by atoms with Crippen molar-refractivity contribution in [2.24, 2.45) is 0 Å². The molecule has 1 aliphatic heterocycles. The molecule has 1 saturated heterocycles. The van der Waals surface area contributed by atoms with Gasteiger partial charge in [-0.25, -0.2) is 9.59 Å². The highest BCUT2D eigenvalue weighted by Crippen LogP contribution is 2.36. The summed E-state index contributed by atoms with van der Waals surface area (Å²) in [5, 5.41) is 37.9. The number of carbonyl (C=O) groups is 6. The van der Waals surface area contributed by atoms with E-state index in [-0.39, 0.29) is 74.6 Å². The number of methoxy groups -OCH3 is 4. The van der Waals surface area contributed by atoms with Crippen LogP contribution in [0.25, 0.3) is 0 Å². The third kappa shape index (κ3) is 93.3. The highest BCUT2D eigenvalue weighted by molar-refractivity contribution is 7.90. The first-order valence-electron chi connectivity index (χ1n) is 53.6. The van der Waals surface area contributed by atoms with Gasteiger partial charge in [0.2, 0.25) is 0 Å². The van der Waals surface area contributed by atoms with Gasteiger partial charge in [0.15, 0.2) is 0 Å². The van der Waals surface area contributed by atoms with Gasteiger partial charge in [-0.05, 0) is 117 Å². The fourth-order valence-electron chi connectivity index (χ4n) is 16.4. The van der Waals surface area contributed by atoms with E-state index >= 15 is 0 Å². The van der Waals surface area contributed by atoms with E-state index in [4.69, 9.17) is 24.4 Å². The van der Waals surface area contributed by atoms with E-state index in [2.05, 4.69) is 56.4 Å². The van der Waals surface area contributed by atoms with Crippen LogP contribution < -0.4 is 0 Å². The summed E-state index contributed by atoms with van der Waals surface area (Å²) in [6.45, 7) is 11.2. The van der Waals surface area contributed by atoms with E-state index in [9.17, 15) is 126 Å². The Labute approximate surface area is 873 Å². The Kier molecular flexibility index (Phi) is 96.4. The van der Waals surface area contributed by atoms with Crippen LogP contribution in [0.15, 0.2) is 0 Å². The van der Waals surface area contributed by atoms with E-state index in [1.807, 2.05) is 0 Å². The molecular formula is C99H196O39S7. The standard InChI is InChI=1S/C19H38O8S2.C19H36O6S.C19H38O5S.C18H36O7S.C12H24O8S.C12H24O5S/c1-3-4-5-6-8-11-14-17(28(21,22)23)18(29(24,25)26)15-12-9-7-10-13-16-19(20)27-2;1-3-4-5-7-11-14-17(26(21,22)23)19-16(25-19)13-10-8-6-9-12-15-18(20)24-2;1-3-4-5-6-9-12-15-18(25(21,22)23)16-13-10-7-8-11-14-17-19(20)24-2;1-2-3-4-5-8-11-14-17(26(22,23)24)16(19)13-10-7-6-9-12-15-18(20)25-21;1-9(21(17,18)19)12(15)10(13)7-5-3-2-4-6-8-11(14)20-16;1-11(18(14,15)16)9-7-5-3-4-6-8-10-12(13)17-2/h17-18H,3-16H2,1-2H3,(H,21,22,23)(H,24,25,26);16-17,19H,3-15H2,1-2H3,(H,21,22,23);18H,3-17H2,1-2H3,(H,21,22,23);16-17,19,21H,2-15H2,1H3,(H,22,23,24);9-10,12-13,15-16H,2-8H2,1H3,(H,17,18,19);11H,3-10H2,1-2H3,(H,14,15,16). The van der Waals surface area contributed by atoms with Crippen LogP contribution in [0.1, 0.15) is 497 Å². The Balaban J connectivity index is -0.000000544. The molecule has 0 bridgehead atoms. The van der Waals surface area contributed by atoms with E-state index in [0.29, 0.717) is 116 Å². The molecule has 0 saturated carbocycles. The van der Waals surface area contributed by atoms with Gasteiger partial charge in [0, 0.05) is 38.5 Å². The molecule has 0 spiro atoms. The smallest absolute Gasteiger partial charge is 0.342 e. The minimum absolute atomic E-state index is 0.00848. The van der Waals surface area contributed by atoms with E-state index in [1.54, 1.807) is 0 Å². The maximum Gasteiger partial charge on any atom is 0.342 e. The molecule has 868 valence electrons. The Morgan fingerprint density at radius 2 is 0.490 bits per heavy atom. The van der Waals surface area contributed by atoms with E-state index in [0.717, 1.165) is 277 Å². The zero-order valence-electron chi connectivity index (χ0n) is 89.4. The number of aliphatic hydroxyl groups excluding tert-OH is 3. The van der Waals surface area contributed by atoms with Gasteiger partial charge in [-0.3, -0.25) is 51.0 Å². The Morgan fingerprint density at radius 3 is 0.745 bits per heavy atom. The number of unbranched alkanes of at least 4 members (excludes halogenated alkanes) is 45. The van der Waals surface area contributed by atoms with Crippen molar-refractivity contribution in [2.75, 3.05) is 28.4 Å². The molecule has 1 fully saturated rings. The second-order valence-electron chi connectivity index (χ2n) is 38.3. The van der Waals surface area contributed by atoms with Crippen LogP contribution in [0.4, 0.5) is 0 Å². The zero-order chi connectivity index (χ0) is 111. The number of aliphatic hydroxyl groups is 3. The molecule has 1 rings (SSSR count). The maximum absolute atomic E-state index is 11.8. The number of carbonyl (C=O) groups excluding carboxylic acids is 6. The van der Waals surface area contributed by atoms with Crippen LogP contribution in [0.2, 0.25) is 0 Å². The molecule has 46 heteroatoms. The summed E-state index contributed by atoms with van der Waals surface area (Å²) in [5.41, 5.74) is 0. The first-order valence-corrected chi connectivity index (χ1v) is 64.2. The normalized spacial score (nSPS) is 15.4. The first-order chi connectivity index (χ1) is 68.2. The third-order valence-corrected chi connectivity index (χ3v) is 35.0. The van der Waals surface area contributed by atoms with Crippen molar-refractivity contribution in [3.63, 3.8) is 0 Å². The highest BCUT2D eigenvalue weighted by Gasteiger charge is 2.49. The van der Waals surface area contributed by atoms with Crippen LogP contribution in [-0.4, -0.2) is 248 Å². The molecule has 12 atom stereocenters. The molecule has 0 aromatic rings. The topological polar surface area (TPSA) is 652 Å². The van der Waals surface area contributed by atoms with E-state index in [1.165, 1.54) is 67.5 Å². The summed E-state index contributed by atoms with van der Waals surface area (Å²) >= 11 is 0. The summed E-state index contributed by atoms with van der Waals surface area (Å²) in [6.07, 6.45) is 51.8. The molecule has 0 aromatic carbocycles. The van der Waals surface area contributed by atoms with Crippen molar-refractivity contribution in [1.82, 2.24) is 0 Å². The van der Waals surface area contributed by atoms with E-state index < -0.39 is 138 Å². The summed E-state index contributed by atoms with van der Waals surface area (Å²) in [5.74, 6) is -2.09. The average molecular weight is 2240 g/mol. The fraction of sp³-hybridized carbons (Fsp3) is 0.939. The predicted octanol–water partition coefficient (Wildman–Crippen LogP) is 21.1. The number of epoxide rings is 1. The monoisotopic (exact) mass is 2230 g/mol. The summed E-state index contributed by atoms with van der Waals surface area (Å²) in [6, 6.07) is 0. The maximum atomic E-state index is 11.8. The first kappa shape index (κ1) is 149. The number of hydrogen-bond donors (Lipinski definition) is 12. The Hall–Kier alpha value is -4.05. The lowest BCUT2D eigenvalue weighted by atomic mass is 10.0. The second kappa shape index (κ2) is 93.6. The van der Waals surface area contributed by atoms with Gasteiger partial charge in [-0.15, -0.1) is 0 Å². The fourth-order valence-corrected chi connectivity index (χ4v) is 23.2. The largest absolute Gasteiger partial charge is 0.469 e. The molecule has 145 heavy (non-hydrogen) atoms. The number of rotatable bonds is 89. The van der Waals surface area contributed by atoms with Gasteiger partial charge in [0.1, 0.15) is 32.4 Å². The van der Waals surface area contributed by atoms with Crippen LogP contribution in [0, 0.1) is 0 Å². The average Bonchev–Trinajstić information content (AvgIpc) is 1.63. The molecule has 1 heterocycles. The Morgan fingerprint density at radius 1 is 0.255 bits per heavy atom. The summed E-state index contributed by atoms with van der Waals surface area (Å²) in [4.78, 5) is 72.2. The van der Waals surface area contributed by atoms with Crippen LogP contribution >= 0.6 is 0 Å². The van der Waals surface area contributed by atoms with Crippen molar-refractivity contribution < 1.29 is 179 Å². The van der Waals surface area contributed by atoms with Crippen molar-refractivity contribution in [2.45, 2.75) is 565 Å². The SMILES string of the molecule is CC(C(O)C(O)CCCCCCCC(=O)OO)S(=O)(=O)O.CCCCCCCC(C1OC1CCCCCCCC(=O)OC)S(=O)(=O)O.CCCCCCCCC(C(CCCCCCCC(=O)OC)S(=O)(=O)O)S(=O)(=O)O.CCCCCCCCC(C(O)CCCCCCCC(=O)OO)S(=O)(=O)O.CCCCCCCCC(CCCCCCCCC(=O)OC)S(=O)(=O)O.COC(=O)CCCCCCCCC(C)S(=O)(=O)O. The minimum Gasteiger partial charge on any atom is -0.469 e. The highest BCUT2D eigenvalue weighted by atomic mass is 32.2. The van der Waals surface area contributed by atoms with Gasteiger partial charge in [-0.1, -0.05) is 342 Å². The molecule has 0 radical (unpaired) electrons. The van der Waals surface area contributed by atoms with Crippen LogP contribution in [-0.2, 0) is 133 Å². The molecule has 1 aliphatic rings. The van der Waals surface area contributed by atoms with Crippen molar-refractivity contribution in [1.29, 1.82) is 0 Å². The number of ether oxygens (including phenoxy) is 5. The molecule has 12 unspecified atom stereocenters. The van der Waals surface area contributed by atoms with Gasteiger partial charge >= 0.3 is 35.8 Å². The molecule has 0 aromatic heterocycles. The zero-order valence-corrected chi connectivity index (χ0v) is 95.1. The van der Waals surface area contributed by atoms with Gasteiger partial charge in [-0.2, -0.15) is 69.4 Å². The van der Waals surface area contributed by atoms with Gasteiger partial charge < -0.3 is 48.8 Å². The van der Waals surface area contributed by atoms with Crippen LogP contribution in [0.5, 0.6) is 0 Å².